The molecule has 0 spiro atoms. The van der Waals surface area contributed by atoms with Crippen molar-refractivity contribution >= 4 is 11.9 Å². The molecule has 0 atom stereocenters. The Balaban J connectivity index is 2.35. The fourth-order valence-corrected chi connectivity index (χ4v) is 2.16. The molecule has 0 radical (unpaired) electrons. The fourth-order valence-electron chi connectivity index (χ4n) is 2.16. The normalized spacial score (nSPS) is 11.8. The van der Waals surface area contributed by atoms with Gasteiger partial charge in [-0.2, -0.15) is 13.2 Å². The van der Waals surface area contributed by atoms with Crippen molar-refractivity contribution in [1.82, 2.24) is 14.6 Å². The Kier molecular flexibility index (Phi) is 2.97. The molecule has 2 aromatic heterocycles. The van der Waals surface area contributed by atoms with Crippen molar-refractivity contribution in [2.24, 2.45) is 0 Å². The van der Waals surface area contributed by atoms with Gasteiger partial charge in [-0.3, -0.25) is 9.20 Å². The van der Waals surface area contributed by atoms with E-state index in [1.807, 2.05) is 0 Å². The Morgan fingerprint density at radius 2 is 1.76 bits per heavy atom. The Hall–Kier alpha value is -2.70. The van der Waals surface area contributed by atoms with Crippen LogP contribution in [-0.4, -0.2) is 20.9 Å². The molecule has 3 aromatic rings. The highest BCUT2D eigenvalue weighted by atomic mass is 19.4. The predicted molar refractivity (Wildman–Crippen MR) is 68.8 cm³/mol. The lowest BCUT2D eigenvalue weighted by molar-refractivity contribution is -0.137. The van der Waals surface area contributed by atoms with E-state index >= 15 is 0 Å². The third kappa shape index (κ3) is 2.16. The van der Waals surface area contributed by atoms with Crippen LogP contribution in [0.25, 0.3) is 17.0 Å². The third-order valence-corrected chi connectivity index (χ3v) is 3.05. The number of fused-ring (bicyclic) bond motifs is 1. The average Bonchev–Trinajstić information content (AvgIpc) is 2.90. The zero-order valence-electron chi connectivity index (χ0n) is 10.5. The molecule has 7 heteroatoms. The lowest BCUT2D eigenvalue weighted by Gasteiger charge is -2.11. The molecule has 0 unspecified atom stereocenters. The molecule has 2 heterocycles. The van der Waals surface area contributed by atoms with E-state index < -0.39 is 11.7 Å². The summed E-state index contributed by atoms with van der Waals surface area (Å²) < 4.78 is 40.6. The summed E-state index contributed by atoms with van der Waals surface area (Å²) in [6, 6.07) is 9.71. The van der Waals surface area contributed by atoms with Gasteiger partial charge in [0.1, 0.15) is 0 Å². The van der Waals surface area contributed by atoms with E-state index in [9.17, 15) is 18.0 Å². The smallest absolute Gasteiger partial charge is 0.296 e. The summed E-state index contributed by atoms with van der Waals surface area (Å²) in [5.74, 6) is -0.0133. The highest BCUT2D eigenvalue weighted by Crippen LogP contribution is 2.36. The summed E-state index contributed by atoms with van der Waals surface area (Å²) in [4.78, 5) is 11.1. The first-order valence-corrected chi connectivity index (χ1v) is 5.98. The summed E-state index contributed by atoms with van der Waals surface area (Å²) in [5.41, 5.74) is -0.442. The number of carbonyl (C=O) groups is 1. The first-order valence-electron chi connectivity index (χ1n) is 5.98. The van der Waals surface area contributed by atoms with Crippen molar-refractivity contribution in [2.45, 2.75) is 6.18 Å². The zero-order chi connectivity index (χ0) is 15.0. The maximum absolute atomic E-state index is 13.1. The largest absolute Gasteiger partial charge is 0.417 e. The van der Waals surface area contributed by atoms with Crippen molar-refractivity contribution in [3.63, 3.8) is 0 Å². The molecule has 0 fully saturated rings. The van der Waals surface area contributed by atoms with Gasteiger partial charge in [-0.05, 0) is 18.2 Å². The van der Waals surface area contributed by atoms with Gasteiger partial charge in [-0.25, -0.2) is 0 Å². The van der Waals surface area contributed by atoms with Gasteiger partial charge in [-0.1, -0.05) is 24.3 Å². The first kappa shape index (κ1) is 13.3. The van der Waals surface area contributed by atoms with Crippen LogP contribution in [0.15, 0.2) is 42.5 Å². The van der Waals surface area contributed by atoms with Crippen LogP contribution in [0.4, 0.5) is 13.2 Å². The number of hydrogen-bond acceptors (Lipinski definition) is 3. The third-order valence-electron chi connectivity index (χ3n) is 3.05. The second-order valence-corrected chi connectivity index (χ2v) is 4.33. The Morgan fingerprint density at radius 3 is 2.48 bits per heavy atom. The van der Waals surface area contributed by atoms with Gasteiger partial charge < -0.3 is 0 Å². The zero-order valence-corrected chi connectivity index (χ0v) is 10.5. The van der Waals surface area contributed by atoms with E-state index in [2.05, 4.69) is 10.2 Å². The molecule has 1 aromatic carbocycles. The molecule has 0 saturated carbocycles. The van der Waals surface area contributed by atoms with Crippen molar-refractivity contribution < 1.29 is 18.0 Å². The van der Waals surface area contributed by atoms with E-state index in [-0.39, 0.29) is 17.1 Å². The molecule has 0 bridgehead atoms. The molecular formula is C14H8F3N3O. The molecular weight excluding hydrogens is 283 g/mol. The number of pyridine rings is 1. The molecule has 4 nitrogen and oxygen atoms in total. The average molecular weight is 291 g/mol. The minimum Gasteiger partial charge on any atom is -0.296 e. The Morgan fingerprint density at radius 1 is 1.00 bits per heavy atom. The summed E-state index contributed by atoms with van der Waals surface area (Å²) in [6.45, 7) is 0. The van der Waals surface area contributed by atoms with Crippen LogP contribution in [-0.2, 0) is 6.18 Å². The molecule has 0 aliphatic heterocycles. The van der Waals surface area contributed by atoms with Crippen LogP contribution < -0.4 is 0 Å². The topological polar surface area (TPSA) is 47.3 Å². The second kappa shape index (κ2) is 4.69. The predicted octanol–water partition coefficient (Wildman–Crippen LogP) is 3.23. The highest BCUT2D eigenvalue weighted by Gasteiger charge is 2.34. The van der Waals surface area contributed by atoms with Gasteiger partial charge in [0.2, 0.25) is 0 Å². The quantitative estimate of drug-likeness (QED) is 0.681. The van der Waals surface area contributed by atoms with Crippen LogP contribution in [0.1, 0.15) is 16.1 Å². The minimum absolute atomic E-state index is 0.0133. The number of rotatable bonds is 2. The fraction of sp³-hybridized carbons (Fsp3) is 0.0714. The van der Waals surface area contributed by atoms with E-state index in [0.29, 0.717) is 11.9 Å². The van der Waals surface area contributed by atoms with Gasteiger partial charge in [0, 0.05) is 5.56 Å². The SMILES string of the molecule is O=Cc1cccc2nnc(-c3ccccc3C(F)(F)F)n12. The van der Waals surface area contributed by atoms with Crippen molar-refractivity contribution in [2.75, 3.05) is 0 Å². The number of hydrogen-bond donors (Lipinski definition) is 0. The molecule has 0 saturated heterocycles. The summed E-state index contributed by atoms with van der Waals surface area (Å²) in [6.07, 6.45) is -3.96. The number of nitrogens with zero attached hydrogens (tertiary/aromatic N) is 3. The highest BCUT2D eigenvalue weighted by molar-refractivity contribution is 5.76. The van der Waals surface area contributed by atoms with Crippen LogP contribution in [0.3, 0.4) is 0 Å². The standard InChI is InChI=1S/C14H8F3N3O/c15-14(16,17)11-6-2-1-5-10(11)13-19-18-12-7-3-4-9(8-21)20(12)13/h1-8H. The van der Waals surface area contributed by atoms with Crippen LogP contribution >= 0.6 is 0 Å². The molecule has 0 N–H and O–H groups in total. The molecule has 3 rings (SSSR count). The van der Waals surface area contributed by atoms with Crippen LogP contribution in [0, 0.1) is 0 Å². The maximum Gasteiger partial charge on any atom is 0.417 e. The summed E-state index contributed by atoms with van der Waals surface area (Å²) in [7, 11) is 0. The van der Waals surface area contributed by atoms with Crippen LogP contribution in [0.5, 0.6) is 0 Å². The lowest BCUT2D eigenvalue weighted by atomic mass is 10.1. The monoisotopic (exact) mass is 291 g/mol. The van der Waals surface area contributed by atoms with Crippen molar-refractivity contribution in [3.8, 4) is 11.4 Å². The maximum atomic E-state index is 13.1. The number of benzene rings is 1. The number of halogens is 3. The van der Waals surface area contributed by atoms with E-state index in [1.165, 1.54) is 28.7 Å². The van der Waals surface area contributed by atoms with E-state index in [1.54, 1.807) is 12.1 Å². The summed E-state index contributed by atoms with van der Waals surface area (Å²) in [5, 5.41) is 7.62. The first-order chi connectivity index (χ1) is 10.0. The molecule has 0 aliphatic carbocycles. The van der Waals surface area contributed by atoms with Gasteiger partial charge in [0.05, 0.1) is 11.3 Å². The number of carbonyl (C=O) groups excluding carboxylic acids is 1. The lowest BCUT2D eigenvalue weighted by Crippen LogP contribution is -2.08. The molecule has 106 valence electrons. The molecule has 0 amide bonds. The van der Waals surface area contributed by atoms with E-state index in [4.69, 9.17) is 0 Å². The Bertz CT molecular complexity index is 824. The number of aldehydes is 1. The van der Waals surface area contributed by atoms with Gasteiger partial charge in [0.15, 0.2) is 17.8 Å². The van der Waals surface area contributed by atoms with Crippen molar-refractivity contribution in [3.05, 3.63) is 53.7 Å². The number of alkyl halides is 3. The number of aromatic nitrogens is 3. The molecule has 21 heavy (non-hydrogen) atoms. The molecule has 0 aliphatic rings. The summed E-state index contributed by atoms with van der Waals surface area (Å²) >= 11 is 0. The second-order valence-electron chi connectivity index (χ2n) is 4.33. The van der Waals surface area contributed by atoms with E-state index in [0.717, 1.165) is 6.07 Å². The van der Waals surface area contributed by atoms with Gasteiger partial charge >= 0.3 is 6.18 Å². The van der Waals surface area contributed by atoms with Gasteiger partial charge in [-0.15, -0.1) is 10.2 Å². The Labute approximate surface area is 116 Å². The van der Waals surface area contributed by atoms with Gasteiger partial charge in [0.25, 0.3) is 0 Å². The van der Waals surface area contributed by atoms with Crippen LogP contribution in [0.2, 0.25) is 0 Å². The minimum atomic E-state index is -4.52. The van der Waals surface area contributed by atoms with Crippen molar-refractivity contribution in [1.29, 1.82) is 0 Å².